The van der Waals surface area contributed by atoms with Gasteiger partial charge in [-0.1, -0.05) is 0 Å². The highest BCUT2D eigenvalue weighted by Gasteiger charge is 2.23. The SMILES string of the molecule is COCCCC1CCCN(C(=O)CCn2ccnc2C)C1. The van der Waals surface area contributed by atoms with E-state index in [0.29, 0.717) is 12.3 Å². The molecule has 0 bridgehead atoms. The summed E-state index contributed by atoms with van der Waals surface area (Å²) < 4.78 is 7.15. The van der Waals surface area contributed by atoms with E-state index >= 15 is 0 Å². The van der Waals surface area contributed by atoms with Gasteiger partial charge in [-0.3, -0.25) is 4.79 Å². The van der Waals surface area contributed by atoms with Crippen molar-refractivity contribution in [3.05, 3.63) is 18.2 Å². The Bertz CT molecular complexity index is 444. The Morgan fingerprint density at radius 1 is 1.52 bits per heavy atom. The zero-order chi connectivity index (χ0) is 15.1. The van der Waals surface area contributed by atoms with Crippen LogP contribution in [0.4, 0.5) is 0 Å². The minimum Gasteiger partial charge on any atom is -0.385 e. The first kappa shape index (κ1) is 16.0. The summed E-state index contributed by atoms with van der Waals surface area (Å²) in [5.74, 6) is 1.89. The van der Waals surface area contributed by atoms with Gasteiger partial charge in [0.05, 0.1) is 0 Å². The van der Waals surface area contributed by atoms with Crippen LogP contribution in [0.2, 0.25) is 0 Å². The Morgan fingerprint density at radius 2 is 2.38 bits per heavy atom. The number of hydrogen-bond acceptors (Lipinski definition) is 3. The molecule has 0 aromatic carbocycles. The van der Waals surface area contributed by atoms with Gasteiger partial charge >= 0.3 is 0 Å². The number of nitrogens with zero attached hydrogens (tertiary/aromatic N) is 3. The minimum absolute atomic E-state index is 0.277. The van der Waals surface area contributed by atoms with Gasteiger partial charge in [0.15, 0.2) is 0 Å². The van der Waals surface area contributed by atoms with Gasteiger partial charge in [-0.25, -0.2) is 4.98 Å². The monoisotopic (exact) mass is 293 g/mol. The standard InChI is InChI=1S/C16H27N3O2/c1-14-17-8-11-18(14)10-7-16(20)19-9-3-5-15(13-19)6-4-12-21-2/h8,11,15H,3-7,9-10,12-13H2,1-2H3. The van der Waals surface area contributed by atoms with Gasteiger partial charge in [0.1, 0.15) is 5.82 Å². The molecule has 0 spiro atoms. The van der Waals surface area contributed by atoms with Crippen LogP contribution in [-0.4, -0.2) is 47.2 Å². The molecule has 5 heteroatoms. The second-order valence-electron chi connectivity index (χ2n) is 5.90. The van der Waals surface area contributed by atoms with E-state index in [1.807, 2.05) is 22.6 Å². The lowest BCUT2D eigenvalue weighted by Gasteiger charge is -2.33. The van der Waals surface area contributed by atoms with Crippen molar-refractivity contribution in [2.24, 2.45) is 5.92 Å². The average Bonchev–Trinajstić information content (AvgIpc) is 2.91. The maximum Gasteiger partial charge on any atom is 0.224 e. The van der Waals surface area contributed by atoms with E-state index in [1.165, 1.54) is 6.42 Å². The van der Waals surface area contributed by atoms with Crippen molar-refractivity contribution in [1.29, 1.82) is 0 Å². The van der Waals surface area contributed by atoms with Crippen molar-refractivity contribution in [3.8, 4) is 0 Å². The first-order valence-corrected chi connectivity index (χ1v) is 7.95. The third-order valence-corrected chi connectivity index (χ3v) is 4.32. The Labute approximate surface area is 127 Å². The van der Waals surface area contributed by atoms with Crippen LogP contribution < -0.4 is 0 Å². The van der Waals surface area contributed by atoms with E-state index in [1.54, 1.807) is 13.3 Å². The molecule has 21 heavy (non-hydrogen) atoms. The summed E-state index contributed by atoms with van der Waals surface area (Å²) in [7, 11) is 1.74. The van der Waals surface area contributed by atoms with Gasteiger partial charge in [-0.05, 0) is 38.5 Å². The van der Waals surface area contributed by atoms with Crippen LogP contribution in [0, 0.1) is 12.8 Å². The number of carbonyl (C=O) groups excluding carboxylic acids is 1. The molecule has 1 amide bonds. The van der Waals surface area contributed by atoms with Gasteiger partial charge in [0.25, 0.3) is 0 Å². The summed E-state index contributed by atoms with van der Waals surface area (Å²) in [6.07, 6.45) is 8.93. The highest BCUT2D eigenvalue weighted by molar-refractivity contribution is 5.76. The van der Waals surface area contributed by atoms with Crippen molar-refractivity contribution < 1.29 is 9.53 Å². The quantitative estimate of drug-likeness (QED) is 0.724. The summed E-state index contributed by atoms with van der Waals surface area (Å²) in [5, 5.41) is 0. The number of likely N-dealkylation sites (tertiary alicyclic amines) is 1. The molecule has 2 heterocycles. The fraction of sp³-hybridized carbons (Fsp3) is 0.750. The third kappa shape index (κ3) is 4.84. The molecule has 1 aliphatic heterocycles. The minimum atomic E-state index is 0.277. The van der Waals surface area contributed by atoms with Crippen molar-refractivity contribution in [1.82, 2.24) is 14.5 Å². The van der Waals surface area contributed by atoms with Crippen LogP contribution in [0.25, 0.3) is 0 Å². The van der Waals surface area contributed by atoms with E-state index < -0.39 is 0 Å². The zero-order valence-electron chi connectivity index (χ0n) is 13.3. The summed E-state index contributed by atoms with van der Waals surface area (Å²) in [6.45, 7) is 5.37. The lowest BCUT2D eigenvalue weighted by molar-refractivity contribution is -0.133. The number of rotatable bonds is 7. The van der Waals surface area contributed by atoms with Crippen LogP contribution in [-0.2, 0) is 16.1 Å². The molecule has 0 N–H and O–H groups in total. The van der Waals surface area contributed by atoms with E-state index in [0.717, 1.165) is 51.3 Å². The summed E-state index contributed by atoms with van der Waals surface area (Å²) in [4.78, 5) is 18.6. The molecule has 0 radical (unpaired) electrons. The lowest BCUT2D eigenvalue weighted by Crippen LogP contribution is -2.40. The molecular formula is C16H27N3O2. The average molecular weight is 293 g/mol. The van der Waals surface area contributed by atoms with E-state index in [4.69, 9.17) is 4.74 Å². The predicted octanol–water partition coefficient (Wildman–Crippen LogP) is 2.25. The second kappa shape index (κ2) is 8.17. The van der Waals surface area contributed by atoms with Crippen LogP contribution in [0.15, 0.2) is 12.4 Å². The maximum absolute atomic E-state index is 12.3. The molecule has 2 rings (SSSR count). The maximum atomic E-state index is 12.3. The number of carbonyl (C=O) groups is 1. The Morgan fingerprint density at radius 3 is 3.10 bits per heavy atom. The van der Waals surface area contributed by atoms with Gasteiger partial charge in [0.2, 0.25) is 5.91 Å². The third-order valence-electron chi connectivity index (χ3n) is 4.32. The van der Waals surface area contributed by atoms with Crippen LogP contribution in [0.1, 0.15) is 37.9 Å². The van der Waals surface area contributed by atoms with Gasteiger partial charge < -0.3 is 14.2 Å². The summed E-state index contributed by atoms with van der Waals surface area (Å²) >= 11 is 0. The Hall–Kier alpha value is -1.36. The molecule has 1 aromatic heterocycles. The molecule has 1 atom stereocenters. The number of amides is 1. The molecule has 1 unspecified atom stereocenters. The highest BCUT2D eigenvalue weighted by atomic mass is 16.5. The second-order valence-corrected chi connectivity index (χ2v) is 5.90. The molecule has 1 saturated heterocycles. The summed E-state index contributed by atoms with van der Waals surface area (Å²) in [6, 6.07) is 0. The Balaban J connectivity index is 1.75. The first-order valence-electron chi connectivity index (χ1n) is 7.95. The Kier molecular flexibility index (Phi) is 6.23. The number of methoxy groups -OCH3 is 1. The van der Waals surface area contributed by atoms with Crippen molar-refractivity contribution in [2.45, 2.75) is 45.6 Å². The molecule has 0 aliphatic carbocycles. The largest absolute Gasteiger partial charge is 0.385 e. The number of aromatic nitrogens is 2. The first-order chi connectivity index (χ1) is 10.2. The number of ether oxygens (including phenoxy) is 1. The van der Waals surface area contributed by atoms with E-state index in [-0.39, 0.29) is 5.91 Å². The molecule has 0 saturated carbocycles. The smallest absolute Gasteiger partial charge is 0.224 e. The molecule has 1 fully saturated rings. The normalized spacial score (nSPS) is 19.0. The van der Waals surface area contributed by atoms with Crippen molar-refractivity contribution in [2.75, 3.05) is 26.8 Å². The van der Waals surface area contributed by atoms with Gasteiger partial charge in [-0.2, -0.15) is 0 Å². The molecule has 1 aliphatic rings. The van der Waals surface area contributed by atoms with E-state index in [9.17, 15) is 4.79 Å². The van der Waals surface area contributed by atoms with Crippen molar-refractivity contribution >= 4 is 5.91 Å². The lowest BCUT2D eigenvalue weighted by atomic mass is 9.93. The van der Waals surface area contributed by atoms with E-state index in [2.05, 4.69) is 4.98 Å². The topological polar surface area (TPSA) is 47.4 Å². The number of hydrogen-bond donors (Lipinski definition) is 0. The van der Waals surface area contributed by atoms with Crippen LogP contribution in [0.3, 0.4) is 0 Å². The number of imidazole rings is 1. The van der Waals surface area contributed by atoms with Gasteiger partial charge in [0, 0.05) is 52.2 Å². The molecule has 1 aromatic rings. The summed E-state index contributed by atoms with van der Waals surface area (Å²) in [5.41, 5.74) is 0. The predicted molar refractivity (Wildman–Crippen MR) is 82.0 cm³/mol. The zero-order valence-corrected chi connectivity index (χ0v) is 13.3. The van der Waals surface area contributed by atoms with Crippen LogP contribution in [0.5, 0.6) is 0 Å². The highest BCUT2D eigenvalue weighted by Crippen LogP contribution is 2.21. The molecule has 118 valence electrons. The van der Waals surface area contributed by atoms with Gasteiger partial charge in [-0.15, -0.1) is 0 Å². The van der Waals surface area contributed by atoms with Crippen LogP contribution >= 0.6 is 0 Å². The molecule has 5 nitrogen and oxygen atoms in total. The molecular weight excluding hydrogens is 266 g/mol. The van der Waals surface area contributed by atoms with Crippen molar-refractivity contribution in [3.63, 3.8) is 0 Å². The number of piperidine rings is 1. The fourth-order valence-corrected chi connectivity index (χ4v) is 3.06. The number of aryl methyl sites for hydroxylation is 2. The fourth-order valence-electron chi connectivity index (χ4n) is 3.06.